The molecule has 0 saturated heterocycles. The summed E-state index contributed by atoms with van der Waals surface area (Å²) in [6, 6.07) is 13.8. The third-order valence-corrected chi connectivity index (χ3v) is 6.31. The normalized spacial score (nSPS) is 10.9. The van der Waals surface area contributed by atoms with Crippen LogP contribution in [-0.2, 0) is 0 Å². The van der Waals surface area contributed by atoms with E-state index < -0.39 is 5.91 Å². The number of amides is 2. The first-order chi connectivity index (χ1) is 14.8. The summed E-state index contributed by atoms with van der Waals surface area (Å²) in [7, 11) is 0. The van der Waals surface area contributed by atoms with Gasteiger partial charge >= 0.3 is 0 Å². The van der Waals surface area contributed by atoms with E-state index in [9.17, 15) is 14.4 Å². The van der Waals surface area contributed by atoms with E-state index in [0.717, 1.165) is 10.4 Å². The van der Waals surface area contributed by atoms with E-state index in [1.54, 1.807) is 56.3 Å². The highest BCUT2D eigenvalue weighted by molar-refractivity contribution is 7.16. The Morgan fingerprint density at radius 2 is 1.71 bits per heavy atom. The van der Waals surface area contributed by atoms with Gasteiger partial charge in [-0.25, -0.2) is 4.98 Å². The molecule has 0 aliphatic carbocycles. The smallest absolute Gasteiger partial charge is 0.265 e. The topological polar surface area (TPSA) is 107 Å². The van der Waals surface area contributed by atoms with E-state index in [4.69, 9.17) is 5.73 Å². The van der Waals surface area contributed by atoms with Crippen LogP contribution < -0.4 is 16.6 Å². The fraction of sp³-hybridized carbons (Fsp3) is 0.130. The summed E-state index contributed by atoms with van der Waals surface area (Å²) in [5, 5.41) is 3.73. The number of para-hydroxylation sites is 1. The highest BCUT2D eigenvalue weighted by Crippen LogP contribution is 2.32. The molecule has 3 N–H and O–H groups in total. The average molecular weight is 433 g/mol. The molecule has 0 fully saturated rings. The highest BCUT2D eigenvalue weighted by Gasteiger charge is 2.19. The van der Waals surface area contributed by atoms with Gasteiger partial charge < -0.3 is 11.1 Å². The Bertz CT molecular complexity index is 1400. The zero-order valence-corrected chi connectivity index (χ0v) is 18.0. The second-order valence-electron chi connectivity index (χ2n) is 7.17. The molecule has 0 bridgehead atoms. The lowest BCUT2D eigenvalue weighted by Crippen LogP contribution is -2.22. The number of carbonyl (C=O) groups is 2. The number of anilines is 1. The Morgan fingerprint density at radius 3 is 2.39 bits per heavy atom. The van der Waals surface area contributed by atoms with Crippen LogP contribution in [0.25, 0.3) is 16.6 Å². The Hall–Kier alpha value is -3.78. The number of primary amides is 1. The number of nitrogens with one attached hydrogen (secondary N) is 1. The summed E-state index contributed by atoms with van der Waals surface area (Å²) in [5.74, 6) is -0.390. The van der Waals surface area contributed by atoms with Gasteiger partial charge in [0.15, 0.2) is 0 Å². The van der Waals surface area contributed by atoms with E-state index in [1.165, 1.54) is 15.9 Å². The molecule has 0 atom stereocenters. The second-order valence-corrected chi connectivity index (χ2v) is 8.39. The number of thiophene rings is 1. The molecule has 0 radical (unpaired) electrons. The molecule has 0 spiro atoms. The Kier molecular flexibility index (Phi) is 5.16. The minimum Gasteiger partial charge on any atom is -0.365 e. The van der Waals surface area contributed by atoms with E-state index >= 15 is 0 Å². The summed E-state index contributed by atoms with van der Waals surface area (Å²) in [6.45, 7) is 5.43. The minimum absolute atomic E-state index is 0.170. The SMILES string of the molecule is Cc1sc(NC(=O)c2ccc(-n3c(C)nc4ccccc4c3=O)cc2)c(C(N)=O)c1C. The maximum absolute atomic E-state index is 12.9. The number of rotatable bonds is 4. The molecule has 7 nitrogen and oxygen atoms in total. The molecule has 0 aliphatic heterocycles. The van der Waals surface area contributed by atoms with Crippen LogP contribution in [0.3, 0.4) is 0 Å². The molecule has 31 heavy (non-hydrogen) atoms. The number of nitrogens with zero attached hydrogens (tertiary/aromatic N) is 2. The van der Waals surface area contributed by atoms with Gasteiger partial charge in [-0.3, -0.25) is 19.0 Å². The van der Waals surface area contributed by atoms with Crippen molar-refractivity contribution in [1.82, 2.24) is 9.55 Å². The third kappa shape index (κ3) is 3.62. The van der Waals surface area contributed by atoms with Crippen LogP contribution in [0.5, 0.6) is 0 Å². The zero-order valence-electron chi connectivity index (χ0n) is 17.2. The van der Waals surface area contributed by atoms with E-state index in [-0.39, 0.29) is 11.5 Å². The Morgan fingerprint density at radius 1 is 1.03 bits per heavy atom. The first-order valence-electron chi connectivity index (χ1n) is 9.58. The quantitative estimate of drug-likeness (QED) is 0.512. The lowest BCUT2D eigenvalue weighted by molar-refractivity contribution is 0.100. The molecular weight excluding hydrogens is 412 g/mol. The Balaban J connectivity index is 1.66. The lowest BCUT2D eigenvalue weighted by Gasteiger charge is -2.11. The standard InChI is InChI=1S/C23H20N4O3S/c1-12-13(2)31-22(19(12)20(24)28)26-21(29)15-8-10-16(11-9-15)27-14(3)25-18-7-5-4-6-17(18)23(27)30/h4-11H,1-3H3,(H2,24,28)(H,26,29). The summed E-state index contributed by atoms with van der Waals surface area (Å²) in [6.07, 6.45) is 0. The fourth-order valence-electron chi connectivity index (χ4n) is 3.50. The molecule has 0 unspecified atom stereocenters. The molecular formula is C23H20N4O3S. The Labute approximate surface area is 182 Å². The average Bonchev–Trinajstić information content (AvgIpc) is 3.01. The van der Waals surface area contributed by atoms with E-state index in [0.29, 0.717) is 38.5 Å². The van der Waals surface area contributed by atoms with Crippen LogP contribution in [0.1, 0.15) is 37.0 Å². The van der Waals surface area contributed by atoms with Crippen LogP contribution in [0.4, 0.5) is 5.00 Å². The van der Waals surface area contributed by atoms with Crippen molar-refractivity contribution < 1.29 is 9.59 Å². The summed E-state index contributed by atoms with van der Waals surface area (Å²) >= 11 is 1.31. The first-order valence-corrected chi connectivity index (χ1v) is 10.4. The maximum Gasteiger partial charge on any atom is 0.265 e. The molecule has 2 heterocycles. The van der Waals surface area contributed by atoms with Crippen molar-refractivity contribution in [3.8, 4) is 5.69 Å². The highest BCUT2D eigenvalue weighted by atomic mass is 32.1. The van der Waals surface area contributed by atoms with Crippen molar-refractivity contribution in [3.05, 3.63) is 86.3 Å². The van der Waals surface area contributed by atoms with Crippen molar-refractivity contribution in [2.24, 2.45) is 5.73 Å². The monoisotopic (exact) mass is 432 g/mol. The molecule has 2 aromatic heterocycles. The van der Waals surface area contributed by atoms with Crippen molar-refractivity contribution in [2.75, 3.05) is 5.32 Å². The number of hydrogen-bond acceptors (Lipinski definition) is 5. The molecule has 0 saturated carbocycles. The van der Waals surface area contributed by atoms with Crippen LogP contribution in [0, 0.1) is 20.8 Å². The predicted molar refractivity (Wildman–Crippen MR) is 122 cm³/mol. The van der Waals surface area contributed by atoms with Gasteiger partial charge in [-0.15, -0.1) is 11.3 Å². The maximum atomic E-state index is 12.9. The third-order valence-electron chi connectivity index (χ3n) is 5.19. The molecule has 4 rings (SSSR count). The molecule has 0 aliphatic rings. The van der Waals surface area contributed by atoms with Crippen LogP contribution in [0.15, 0.2) is 53.3 Å². The molecule has 2 aromatic carbocycles. The molecule has 156 valence electrons. The number of carbonyl (C=O) groups excluding carboxylic acids is 2. The first kappa shape index (κ1) is 20.5. The van der Waals surface area contributed by atoms with Crippen molar-refractivity contribution in [2.45, 2.75) is 20.8 Å². The van der Waals surface area contributed by atoms with Gasteiger partial charge in [0.05, 0.1) is 22.2 Å². The number of fused-ring (bicyclic) bond motifs is 1. The summed E-state index contributed by atoms with van der Waals surface area (Å²) in [5.41, 5.74) is 8.04. The minimum atomic E-state index is -0.578. The summed E-state index contributed by atoms with van der Waals surface area (Å²) < 4.78 is 1.52. The largest absolute Gasteiger partial charge is 0.365 e. The van der Waals surface area contributed by atoms with Gasteiger partial charge in [0.2, 0.25) is 0 Å². The van der Waals surface area contributed by atoms with E-state index in [2.05, 4.69) is 10.3 Å². The van der Waals surface area contributed by atoms with Crippen molar-refractivity contribution in [1.29, 1.82) is 0 Å². The van der Waals surface area contributed by atoms with Gasteiger partial charge in [0.25, 0.3) is 17.4 Å². The van der Waals surface area contributed by atoms with Crippen LogP contribution in [-0.4, -0.2) is 21.4 Å². The lowest BCUT2D eigenvalue weighted by atomic mass is 10.1. The number of nitrogens with two attached hydrogens (primary N) is 1. The molecule has 2 amide bonds. The second kappa shape index (κ2) is 7.81. The van der Waals surface area contributed by atoms with Crippen LogP contribution >= 0.6 is 11.3 Å². The number of aryl methyl sites for hydroxylation is 2. The number of aromatic nitrogens is 2. The predicted octanol–water partition coefficient (Wildman–Crippen LogP) is 3.72. The summed E-state index contributed by atoms with van der Waals surface area (Å²) in [4.78, 5) is 42.9. The fourth-order valence-corrected chi connectivity index (χ4v) is 4.56. The van der Waals surface area contributed by atoms with Crippen LogP contribution in [0.2, 0.25) is 0 Å². The van der Waals surface area contributed by atoms with Gasteiger partial charge in [0.1, 0.15) is 10.8 Å². The van der Waals surface area contributed by atoms with Gasteiger partial charge in [0, 0.05) is 10.4 Å². The molecule has 8 heteroatoms. The van der Waals surface area contributed by atoms with Gasteiger partial charge in [-0.05, 0) is 62.7 Å². The number of hydrogen-bond donors (Lipinski definition) is 2. The van der Waals surface area contributed by atoms with Gasteiger partial charge in [-0.2, -0.15) is 0 Å². The van der Waals surface area contributed by atoms with Crippen molar-refractivity contribution >= 4 is 39.1 Å². The van der Waals surface area contributed by atoms with Crippen molar-refractivity contribution in [3.63, 3.8) is 0 Å². The van der Waals surface area contributed by atoms with Gasteiger partial charge in [-0.1, -0.05) is 12.1 Å². The number of benzene rings is 2. The van der Waals surface area contributed by atoms with E-state index in [1.807, 2.05) is 13.0 Å². The zero-order chi connectivity index (χ0) is 22.3. The molecule has 4 aromatic rings.